The minimum atomic E-state index is -0.207. The highest BCUT2D eigenvalue weighted by molar-refractivity contribution is 6.04. The van der Waals surface area contributed by atoms with Crippen molar-refractivity contribution in [3.05, 3.63) is 76.9 Å². The number of methoxy groups -OCH3 is 1. The molecule has 5 rings (SSSR count). The van der Waals surface area contributed by atoms with Gasteiger partial charge < -0.3 is 24.8 Å². The first-order valence-electron chi connectivity index (χ1n) is 13.0. The molecule has 0 aromatic heterocycles. The SMILES string of the molecule is CCN(CC)C(=O)c1ccccc1/C=C1\Oc2ccc(O)c(OC)c2-c2ccc3c(c21)C(C)=CC(C)(C)N3. The van der Waals surface area contributed by atoms with Crippen LogP contribution in [0.5, 0.6) is 17.2 Å². The van der Waals surface area contributed by atoms with Crippen LogP contribution >= 0.6 is 0 Å². The molecule has 2 N–H and O–H groups in total. The normalized spacial score (nSPS) is 15.8. The molecule has 0 fully saturated rings. The average molecular weight is 511 g/mol. The van der Waals surface area contributed by atoms with Crippen molar-refractivity contribution in [2.75, 3.05) is 25.5 Å². The quantitative estimate of drug-likeness (QED) is 0.385. The number of amides is 1. The van der Waals surface area contributed by atoms with Crippen LogP contribution in [0.1, 0.15) is 61.7 Å². The van der Waals surface area contributed by atoms with E-state index in [0.29, 0.717) is 41.5 Å². The summed E-state index contributed by atoms with van der Waals surface area (Å²) in [6.45, 7) is 11.6. The number of hydrogen-bond donors (Lipinski definition) is 2. The second kappa shape index (κ2) is 9.60. The Morgan fingerprint density at radius 2 is 1.79 bits per heavy atom. The number of nitrogens with one attached hydrogen (secondary N) is 1. The summed E-state index contributed by atoms with van der Waals surface area (Å²) in [6, 6.07) is 15.1. The molecule has 1 amide bonds. The van der Waals surface area contributed by atoms with E-state index < -0.39 is 0 Å². The molecule has 2 aliphatic rings. The van der Waals surface area contributed by atoms with E-state index >= 15 is 0 Å². The van der Waals surface area contributed by atoms with Gasteiger partial charge in [0, 0.05) is 41.0 Å². The van der Waals surface area contributed by atoms with Crippen molar-refractivity contribution in [3.63, 3.8) is 0 Å². The van der Waals surface area contributed by atoms with Gasteiger partial charge in [-0.05, 0) is 76.1 Å². The molecule has 38 heavy (non-hydrogen) atoms. The number of nitrogens with zero attached hydrogens (tertiary/aromatic N) is 1. The minimum Gasteiger partial charge on any atom is -0.504 e. The second-order valence-corrected chi connectivity index (χ2v) is 10.3. The molecule has 6 heteroatoms. The molecule has 0 aliphatic carbocycles. The standard InChI is InChI=1S/C32H34N2O4/c1-7-34(8-2)31(36)21-12-10-9-11-20(21)17-26-28-22(29-25(38-26)16-15-24(35)30(29)37-6)13-14-23-27(28)19(3)18-32(4,5)33-23/h9-18,33,35H,7-8H2,1-6H3/b26-17-. The van der Waals surface area contributed by atoms with Gasteiger partial charge in [-0.3, -0.25) is 4.79 Å². The van der Waals surface area contributed by atoms with Crippen LogP contribution in [0.3, 0.4) is 0 Å². The van der Waals surface area contributed by atoms with Crippen LogP contribution in [0, 0.1) is 0 Å². The summed E-state index contributed by atoms with van der Waals surface area (Å²) >= 11 is 0. The fraction of sp³-hybridized carbons (Fsp3) is 0.281. The molecule has 3 aromatic rings. The molecule has 0 saturated heterocycles. The zero-order valence-corrected chi connectivity index (χ0v) is 22.8. The van der Waals surface area contributed by atoms with Crippen LogP contribution in [0.4, 0.5) is 5.69 Å². The number of benzene rings is 3. The maximum absolute atomic E-state index is 13.4. The zero-order valence-electron chi connectivity index (χ0n) is 22.8. The van der Waals surface area contributed by atoms with Gasteiger partial charge in [0.05, 0.1) is 18.2 Å². The number of phenolic OH excluding ortho intramolecular Hbond substituents is 1. The van der Waals surface area contributed by atoms with Crippen molar-refractivity contribution >= 4 is 29.0 Å². The van der Waals surface area contributed by atoms with Crippen LogP contribution in [0.25, 0.3) is 28.5 Å². The van der Waals surface area contributed by atoms with Gasteiger partial charge in [0.1, 0.15) is 11.5 Å². The van der Waals surface area contributed by atoms with E-state index in [2.05, 4.69) is 38.2 Å². The summed E-state index contributed by atoms with van der Waals surface area (Å²) in [5.74, 6) is 1.61. The number of phenols is 1. The average Bonchev–Trinajstić information content (AvgIpc) is 2.88. The zero-order chi connectivity index (χ0) is 27.2. The molecule has 2 aliphatic heterocycles. The van der Waals surface area contributed by atoms with Crippen molar-refractivity contribution in [2.24, 2.45) is 0 Å². The van der Waals surface area contributed by atoms with E-state index in [1.54, 1.807) is 19.2 Å². The molecule has 0 atom stereocenters. The summed E-state index contributed by atoms with van der Waals surface area (Å²) in [6.07, 6.45) is 4.16. The van der Waals surface area contributed by atoms with Crippen molar-refractivity contribution in [3.8, 4) is 28.4 Å². The Hall–Kier alpha value is -4.19. The number of rotatable bonds is 5. The van der Waals surface area contributed by atoms with Crippen molar-refractivity contribution in [2.45, 2.75) is 40.2 Å². The highest BCUT2D eigenvalue weighted by Gasteiger charge is 2.33. The molecule has 0 saturated carbocycles. The van der Waals surface area contributed by atoms with Crippen molar-refractivity contribution in [1.82, 2.24) is 4.90 Å². The lowest BCUT2D eigenvalue weighted by Crippen LogP contribution is -2.32. The van der Waals surface area contributed by atoms with Crippen LogP contribution in [-0.4, -0.2) is 41.7 Å². The smallest absolute Gasteiger partial charge is 0.254 e. The fourth-order valence-corrected chi connectivity index (χ4v) is 5.59. The van der Waals surface area contributed by atoms with Gasteiger partial charge in [-0.1, -0.05) is 30.3 Å². The Labute approximate surface area is 224 Å². The lowest BCUT2D eigenvalue weighted by Gasteiger charge is -2.35. The molecule has 2 heterocycles. The highest BCUT2D eigenvalue weighted by atomic mass is 16.5. The monoisotopic (exact) mass is 510 g/mol. The van der Waals surface area contributed by atoms with Gasteiger partial charge in [0.15, 0.2) is 11.5 Å². The molecule has 6 nitrogen and oxygen atoms in total. The number of aromatic hydroxyl groups is 1. The number of carbonyl (C=O) groups is 1. The molecule has 196 valence electrons. The molecule has 0 unspecified atom stereocenters. The third kappa shape index (κ3) is 4.20. The molecule has 3 aromatic carbocycles. The second-order valence-electron chi connectivity index (χ2n) is 10.3. The molecule has 0 radical (unpaired) electrons. The van der Waals surface area contributed by atoms with Crippen LogP contribution in [0.2, 0.25) is 0 Å². The largest absolute Gasteiger partial charge is 0.504 e. The van der Waals surface area contributed by atoms with Gasteiger partial charge in [-0.2, -0.15) is 0 Å². The van der Waals surface area contributed by atoms with Crippen molar-refractivity contribution < 1.29 is 19.4 Å². The molecule has 0 bridgehead atoms. The Morgan fingerprint density at radius 1 is 1.05 bits per heavy atom. The lowest BCUT2D eigenvalue weighted by molar-refractivity contribution is 0.0773. The number of ether oxygens (including phenoxy) is 2. The Balaban J connectivity index is 1.79. The Bertz CT molecular complexity index is 1500. The summed E-state index contributed by atoms with van der Waals surface area (Å²) in [4.78, 5) is 15.2. The maximum Gasteiger partial charge on any atom is 0.254 e. The summed E-state index contributed by atoms with van der Waals surface area (Å²) < 4.78 is 12.2. The van der Waals surface area contributed by atoms with E-state index in [4.69, 9.17) is 9.47 Å². The van der Waals surface area contributed by atoms with E-state index in [-0.39, 0.29) is 17.2 Å². The Kier molecular flexibility index (Phi) is 6.43. The third-order valence-electron chi connectivity index (χ3n) is 7.20. The Morgan fingerprint density at radius 3 is 2.50 bits per heavy atom. The number of carbonyl (C=O) groups excluding carboxylic acids is 1. The van der Waals surface area contributed by atoms with Gasteiger partial charge in [0.2, 0.25) is 0 Å². The van der Waals surface area contributed by atoms with Gasteiger partial charge in [-0.15, -0.1) is 0 Å². The van der Waals surface area contributed by atoms with E-state index in [0.717, 1.165) is 33.5 Å². The highest BCUT2D eigenvalue weighted by Crippen LogP contribution is 2.54. The number of anilines is 1. The van der Waals surface area contributed by atoms with E-state index in [1.807, 2.05) is 55.2 Å². The topological polar surface area (TPSA) is 71.0 Å². The van der Waals surface area contributed by atoms with Crippen LogP contribution in [-0.2, 0) is 0 Å². The van der Waals surface area contributed by atoms with E-state index in [1.165, 1.54) is 0 Å². The minimum absolute atomic E-state index is 0.0138. The fourth-order valence-electron chi connectivity index (χ4n) is 5.59. The lowest BCUT2D eigenvalue weighted by atomic mass is 9.82. The predicted octanol–water partition coefficient (Wildman–Crippen LogP) is 7.05. The van der Waals surface area contributed by atoms with E-state index in [9.17, 15) is 9.90 Å². The van der Waals surface area contributed by atoms with Crippen LogP contribution in [0.15, 0.2) is 54.6 Å². The number of allylic oxidation sites excluding steroid dienone is 1. The predicted molar refractivity (Wildman–Crippen MR) is 154 cm³/mol. The van der Waals surface area contributed by atoms with Gasteiger partial charge >= 0.3 is 0 Å². The molecular formula is C32H34N2O4. The maximum atomic E-state index is 13.4. The number of hydrogen-bond acceptors (Lipinski definition) is 5. The molecular weight excluding hydrogens is 476 g/mol. The third-order valence-corrected chi connectivity index (χ3v) is 7.20. The summed E-state index contributed by atoms with van der Waals surface area (Å²) in [7, 11) is 1.54. The van der Waals surface area contributed by atoms with Gasteiger partial charge in [0.25, 0.3) is 5.91 Å². The summed E-state index contributed by atoms with van der Waals surface area (Å²) in [5.41, 5.74) is 6.82. The number of fused-ring (bicyclic) bond motifs is 5. The first-order chi connectivity index (χ1) is 18.2. The van der Waals surface area contributed by atoms with Crippen molar-refractivity contribution in [1.29, 1.82) is 0 Å². The summed E-state index contributed by atoms with van der Waals surface area (Å²) in [5, 5.41) is 14.2. The van der Waals surface area contributed by atoms with Gasteiger partial charge in [-0.25, -0.2) is 0 Å². The first-order valence-corrected chi connectivity index (χ1v) is 13.0. The molecule has 0 spiro atoms. The van der Waals surface area contributed by atoms with Crippen LogP contribution < -0.4 is 14.8 Å². The first kappa shape index (κ1) is 25.5.